The Balaban J connectivity index is 1.49. The summed E-state index contributed by atoms with van der Waals surface area (Å²) in [5, 5.41) is 5.29. The fourth-order valence-corrected chi connectivity index (χ4v) is 3.94. The largest absolute Gasteiger partial charge is 0.454 e. The summed E-state index contributed by atoms with van der Waals surface area (Å²) in [5.74, 6) is -0.625. The van der Waals surface area contributed by atoms with Gasteiger partial charge in [-0.25, -0.2) is 13.5 Å². The minimum absolute atomic E-state index is 0.0424. The van der Waals surface area contributed by atoms with Crippen molar-refractivity contribution in [3.63, 3.8) is 0 Å². The van der Waals surface area contributed by atoms with Crippen LogP contribution in [0.25, 0.3) is 28.2 Å². The van der Waals surface area contributed by atoms with Crippen LogP contribution in [0, 0.1) is 11.6 Å². The standard InChI is InChI=1S/C24H21F2N3O2/c1-2-16-17-8-10-27-22(17)14-20(26)24(16)31-15-6-7-19(25)18(13-15)21-9-11-29(28-21)23-5-3-4-12-30-23/h2,6-11,13-14,23,27H,1,3-5,12H2. The second-order valence-corrected chi connectivity index (χ2v) is 7.49. The van der Waals surface area contributed by atoms with Gasteiger partial charge in [-0.05, 0) is 49.6 Å². The van der Waals surface area contributed by atoms with Crippen LogP contribution in [0.3, 0.4) is 0 Å². The van der Waals surface area contributed by atoms with Gasteiger partial charge in [0.05, 0.1) is 5.69 Å². The van der Waals surface area contributed by atoms with Gasteiger partial charge >= 0.3 is 0 Å². The number of hydrogen-bond donors (Lipinski definition) is 1. The summed E-state index contributed by atoms with van der Waals surface area (Å²) in [5.41, 5.74) is 1.91. The van der Waals surface area contributed by atoms with Crippen LogP contribution in [0.1, 0.15) is 31.1 Å². The number of fused-ring (bicyclic) bond motifs is 1. The molecule has 1 aliphatic heterocycles. The molecule has 4 aromatic rings. The van der Waals surface area contributed by atoms with E-state index in [-0.39, 0.29) is 17.5 Å². The maximum atomic E-state index is 14.7. The molecule has 7 heteroatoms. The van der Waals surface area contributed by atoms with Gasteiger partial charge < -0.3 is 14.5 Å². The van der Waals surface area contributed by atoms with Crippen molar-refractivity contribution in [2.24, 2.45) is 0 Å². The predicted molar refractivity (Wildman–Crippen MR) is 115 cm³/mol. The van der Waals surface area contributed by atoms with Crippen molar-refractivity contribution in [3.05, 3.63) is 72.6 Å². The third-order valence-electron chi connectivity index (χ3n) is 5.50. The van der Waals surface area contributed by atoms with Gasteiger partial charge in [-0.2, -0.15) is 5.10 Å². The summed E-state index contributed by atoms with van der Waals surface area (Å²) in [6, 6.07) is 9.22. The van der Waals surface area contributed by atoms with E-state index >= 15 is 0 Å². The summed E-state index contributed by atoms with van der Waals surface area (Å²) in [6.07, 6.45) is 7.90. The lowest BCUT2D eigenvalue weighted by Crippen LogP contribution is -2.18. The van der Waals surface area contributed by atoms with Gasteiger partial charge in [0.1, 0.15) is 17.8 Å². The van der Waals surface area contributed by atoms with E-state index < -0.39 is 11.6 Å². The number of halogens is 2. The van der Waals surface area contributed by atoms with Gasteiger partial charge in [0, 0.05) is 47.1 Å². The Bertz CT molecular complexity index is 1260. The van der Waals surface area contributed by atoms with Crippen LogP contribution in [0.4, 0.5) is 8.78 Å². The molecule has 0 bridgehead atoms. The van der Waals surface area contributed by atoms with Gasteiger partial charge in [-0.3, -0.25) is 0 Å². The maximum Gasteiger partial charge on any atom is 0.170 e. The zero-order chi connectivity index (χ0) is 21.4. The lowest BCUT2D eigenvalue weighted by Gasteiger charge is -2.22. The summed E-state index contributed by atoms with van der Waals surface area (Å²) in [4.78, 5) is 2.98. The highest BCUT2D eigenvalue weighted by Gasteiger charge is 2.19. The Morgan fingerprint density at radius 1 is 1.16 bits per heavy atom. The number of nitrogens with zero attached hydrogens (tertiary/aromatic N) is 2. The second kappa shape index (κ2) is 8.00. The molecular formula is C24H21F2N3O2. The van der Waals surface area contributed by atoms with E-state index in [0.29, 0.717) is 29.1 Å². The number of aromatic nitrogens is 3. The third kappa shape index (κ3) is 3.61. The van der Waals surface area contributed by atoms with Gasteiger partial charge in [0.25, 0.3) is 0 Å². The molecule has 3 heterocycles. The fourth-order valence-electron chi connectivity index (χ4n) is 3.94. The van der Waals surface area contributed by atoms with E-state index in [1.54, 1.807) is 29.2 Å². The molecule has 1 N–H and O–H groups in total. The molecule has 1 aliphatic rings. The normalized spacial score (nSPS) is 16.5. The highest BCUT2D eigenvalue weighted by molar-refractivity contribution is 5.91. The van der Waals surface area contributed by atoms with Crippen LogP contribution in [0.5, 0.6) is 11.5 Å². The number of hydrogen-bond acceptors (Lipinski definition) is 3. The molecule has 0 amide bonds. The minimum atomic E-state index is -0.533. The second-order valence-electron chi connectivity index (χ2n) is 7.49. The van der Waals surface area contributed by atoms with Crippen molar-refractivity contribution in [3.8, 4) is 22.8 Å². The highest BCUT2D eigenvalue weighted by atomic mass is 19.1. The first-order valence-electron chi connectivity index (χ1n) is 10.2. The molecule has 5 rings (SSSR count). The van der Waals surface area contributed by atoms with Crippen LogP contribution in [0.2, 0.25) is 0 Å². The zero-order valence-electron chi connectivity index (χ0n) is 16.8. The fraction of sp³-hybridized carbons (Fsp3) is 0.208. The predicted octanol–water partition coefficient (Wildman–Crippen LogP) is 6.44. The first kappa shape index (κ1) is 19.5. The number of aromatic amines is 1. The Labute approximate surface area is 177 Å². The molecule has 0 spiro atoms. The van der Waals surface area contributed by atoms with E-state index in [1.807, 2.05) is 6.07 Å². The topological polar surface area (TPSA) is 52.1 Å². The average Bonchev–Trinajstić information content (AvgIpc) is 3.46. The van der Waals surface area contributed by atoms with Crippen LogP contribution < -0.4 is 4.74 Å². The lowest BCUT2D eigenvalue weighted by molar-refractivity contribution is -0.0393. The van der Waals surface area contributed by atoms with Crippen molar-refractivity contribution in [1.29, 1.82) is 0 Å². The smallest absolute Gasteiger partial charge is 0.170 e. The summed E-state index contributed by atoms with van der Waals surface area (Å²) < 4.78 is 42.7. The van der Waals surface area contributed by atoms with E-state index in [1.165, 1.54) is 24.3 Å². The number of rotatable bonds is 5. The molecule has 2 aromatic heterocycles. The van der Waals surface area contributed by atoms with Crippen molar-refractivity contribution in [1.82, 2.24) is 14.8 Å². The minimum Gasteiger partial charge on any atom is -0.454 e. The molecule has 0 radical (unpaired) electrons. The van der Waals surface area contributed by atoms with Crippen LogP contribution >= 0.6 is 0 Å². The quantitative estimate of drug-likeness (QED) is 0.403. The molecular weight excluding hydrogens is 400 g/mol. The summed E-state index contributed by atoms with van der Waals surface area (Å²) in [7, 11) is 0. The van der Waals surface area contributed by atoms with E-state index in [2.05, 4.69) is 16.7 Å². The highest BCUT2D eigenvalue weighted by Crippen LogP contribution is 2.36. The molecule has 2 aromatic carbocycles. The van der Waals surface area contributed by atoms with Crippen molar-refractivity contribution in [2.45, 2.75) is 25.5 Å². The van der Waals surface area contributed by atoms with E-state index in [0.717, 1.165) is 24.6 Å². The number of ether oxygens (including phenoxy) is 2. The SMILES string of the molecule is C=Cc1c(Oc2ccc(F)c(-c3ccn(C4CCCCO4)n3)c2)c(F)cc2[nH]ccc12. The van der Waals surface area contributed by atoms with Crippen molar-refractivity contribution < 1.29 is 18.3 Å². The first-order valence-corrected chi connectivity index (χ1v) is 10.2. The lowest BCUT2D eigenvalue weighted by atomic mass is 10.1. The molecule has 1 saturated heterocycles. The zero-order valence-corrected chi connectivity index (χ0v) is 16.8. The number of benzene rings is 2. The van der Waals surface area contributed by atoms with E-state index in [9.17, 15) is 8.78 Å². The maximum absolute atomic E-state index is 14.7. The summed E-state index contributed by atoms with van der Waals surface area (Å²) >= 11 is 0. The Morgan fingerprint density at radius 2 is 2.06 bits per heavy atom. The molecule has 1 unspecified atom stereocenters. The molecule has 5 nitrogen and oxygen atoms in total. The van der Waals surface area contributed by atoms with Crippen molar-refractivity contribution in [2.75, 3.05) is 6.61 Å². The van der Waals surface area contributed by atoms with Crippen LogP contribution in [-0.4, -0.2) is 21.4 Å². The first-order chi connectivity index (χ1) is 15.1. The molecule has 0 aliphatic carbocycles. The Morgan fingerprint density at radius 3 is 2.87 bits per heavy atom. The summed E-state index contributed by atoms with van der Waals surface area (Å²) in [6.45, 7) is 4.48. The number of nitrogens with one attached hydrogen (secondary N) is 1. The van der Waals surface area contributed by atoms with Gasteiger partial charge in [0.15, 0.2) is 11.6 Å². The molecule has 31 heavy (non-hydrogen) atoms. The monoisotopic (exact) mass is 421 g/mol. The van der Waals surface area contributed by atoms with Crippen LogP contribution in [-0.2, 0) is 4.74 Å². The van der Waals surface area contributed by atoms with Crippen LogP contribution in [0.15, 0.2) is 55.4 Å². The Hall–Kier alpha value is -3.45. The molecule has 0 saturated carbocycles. The molecule has 1 atom stereocenters. The molecule has 158 valence electrons. The number of H-pyrrole nitrogens is 1. The van der Waals surface area contributed by atoms with E-state index in [4.69, 9.17) is 9.47 Å². The average molecular weight is 421 g/mol. The van der Waals surface area contributed by atoms with Gasteiger partial charge in [-0.15, -0.1) is 0 Å². The Kier molecular flexibility index (Phi) is 5.03. The molecule has 1 fully saturated rings. The third-order valence-corrected chi connectivity index (χ3v) is 5.50. The van der Waals surface area contributed by atoms with Gasteiger partial charge in [0.2, 0.25) is 0 Å². The van der Waals surface area contributed by atoms with Gasteiger partial charge in [-0.1, -0.05) is 12.7 Å². The van der Waals surface area contributed by atoms with Crippen molar-refractivity contribution >= 4 is 17.0 Å².